The maximum atomic E-state index is 11.2. The zero-order valence-electron chi connectivity index (χ0n) is 48.0. The largest absolute Gasteiger partial charge is 0.481 e. The van der Waals surface area contributed by atoms with E-state index in [4.69, 9.17) is 29.6 Å². The van der Waals surface area contributed by atoms with Gasteiger partial charge in [-0.2, -0.15) is 0 Å². The van der Waals surface area contributed by atoms with Crippen LogP contribution in [0.25, 0.3) is 0 Å². The number of aliphatic hydroxyl groups is 2. The maximum Gasteiger partial charge on any atom is 0.338 e. The number of carboxylic acid groups (broad SMARTS) is 1. The van der Waals surface area contributed by atoms with Crippen molar-refractivity contribution in [2.75, 3.05) is 55.2 Å². The molecule has 0 aromatic heterocycles. The summed E-state index contributed by atoms with van der Waals surface area (Å²) in [6.45, 7) is 25.1. The predicted molar refractivity (Wildman–Crippen MR) is 285 cm³/mol. The molecule has 3 fully saturated rings. The Morgan fingerprint density at radius 1 is 0.743 bits per heavy atom. The highest BCUT2D eigenvalue weighted by molar-refractivity contribution is 5.92. The molecule has 17 heteroatoms. The minimum Gasteiger partial charge on any atom is -0.481 e. The Morgan fingerprint density at radius 2 is 1.20 bits per heavy atom. The Kier molecular flexibility index (Phi) is 38.5. The molecule has 2 aromatic carbocycles. The fourth-order valence-electron chi connectivity index (χ4n) is 6.56. The first-order chi connectivity index (χ1) is 34.2. The number of ketones is 1. The highest BCUT2D eigenvalue weighted by atomic mass is 16.6. The van der Waals surface area contributed by atoms with Crippen LogP contribution in [0.15, 0.2) is 42.5 Å². The topological polar surface area (TPSA) is 247 Å². The van der Waals surface area contributed by atoms with Crippen molar-refractivity contribution >= 4 is 47.6 Å². The lowest BCUT2D eigenvalue weighted by atomic mass is 9.62. The molecular weight excluding hydrogens is 955 g/mol. The van der Waals surface area contributed by atoms with Crippen LogP contribution in [0.4, 0.5) is 0 Å². The Hall–Kier alpha value is -5.36. The number of benzene rings is 2. The summed E-state index contributed by atoms with van der Waals surface area (Å²) >= 11 is 0. The van der Waals surface area contributed by atoms with Gasteiger partial charge in [-0.25, -0.2) is 4.79 Å². The second-order valence-electron chi connectivity index (χ2n) is 20.9. The summed E-state index contributed by atoms with van der Waals surface area (Å²) in [6.07, 6.45) is 8.69. The van der Waals surface area contributed by atoms with Crippen LogP contribution in [0.3, 0.4) is 0 Å². The highest BCUT2D eigenvalue weighted by Crippen LogP contribution is 2.41. The number of aliphatic hydroxyl groups excluding tert-OH is 2. The molecule has 7 rings (SSSR count). The number of aliphatic carboxylic acids is 1. The molecule has 3 aliphatic heterocycles. The Balaban J connectivity index is -0.000000777. The number of esters is 6. The van der Waals surface area contributed by atoms with E-state index in [9.17, 15) is 33.6 Å². The molecule has 0 amide bonds. The third-order valence-corrected chi connectivity index (χ3v) is 11.5. The Labute approximate surface area is 442 Å². The molecule has 74 heavy (non-hydrogen) atoms. The van der Waals surface area contributed by atoms with Crippen LogP contribution < -0.4 is 4.74 Å². The van der Waals surface area contributed by atoms with Gasteiger partial charge in [0.2, 0.25) is 0 Å². The van der Waals surface area contributed by atoms with Gasteiger partial charge in [0.05, 0.1) is 18.6 Å². The summed E-state index contributed by atoms with van der Waals surface area (Å²) in [5.41, 5.74) is 4.84. The number of Topliss-reactive ketones (excluding diaryl/α,β-unsaturated/α-hetero) is 1. The molecule has 2 atom stereocenters. The summed E-state index contributed by atoms with van der Waals surface area (Å²) in [5.74, 6) is 0.209. The van der Waals surface area contributed by atoms with E-state index in [1.54, 1.807) is 21.1 Å². The summed E-state index contributed by atoms with van der Waals surface area (Å²) in [7, 11) is 9.25. The van der Waals surface area contributed by atoms with E-state index >= 15 is 0 Å². The maximum absolute atomic E-state index is 11.2. The van der Waals surface area contributed by atoms with Crippen molar-refractivity contribution in [2.24, 2.45) is 34.5 Å². The van der Waals surface area contributed by atoms with Gasteiger partial charge in [-0.05, 0) is 93.3 Å². The van der Waals surface area contributed by atoms with Gasteiger partial charge in [-0.3, -0.25) is 33.6 Å². The molecule has 3 N–H and O–H groups in total. The van der Waals surface area contributed by atoms with E-state index in [0.29, 0.717) is 48.9 Å². The molecule has 2 aliphatic carbocycles. The third-order valence-electron chi connectivity index (χ3n) is 11.5. The first kappa shape index (κ1) is 72.9. The number of nitrogens with zero attached hydrogens (tertiary/aromatic N) is 1. The zero-order valence-corrected chi connectivity index (χ0v) is 48.0. The van der Waals surface area contributed by atoms with Gasteiger partial charge in [-0.15, -0.1) is 0 Å². The first-order valence-electron chi connectivity index (χ1n) is 25.1. The smallest absolute Gasteiger partial charge is 0.338 e. The lowest BCUT2D eigenvalue weighted by Gasteiger charge is -2.40. The van der Waals surface area contributed by atoms with Crippen molar-refractivity contribution in [1.29, 1.82) is 0 Å². The first-order valence-corrected chi connectivity index (χ1v) is 25.1. The summed E-state index contributed by atoms with van der Waals surface area (Å²) in [5, 5.41) is 23.8. The van der Waals surface area contributed by atoms with Crippen LogP contribution in [-0.4, -0.2) is 123 Å². The van der Waals surface area contributed by atoms with Gasteiger partial charge in [-0.1, -0.05) is 111 Å². The molecule has 3 heterocycles. The van der Waals surface area contributed by atoms with Gasteiger partial charge in [0, 0.05) is 85.2 Å². The quantitative estimate of drug-likeness (QED) is 0.110. The number of ether oxygens (including phenoxy) is 5. The standard InChI is InChI=1S/2C10H10O2.C9H18.C7H12O.C6H8O3.C4H6O3.C4H10O2.C3H9N.C2H4O2.C2H6O/c1-7-2-3-9-8(6-7)4-5-12-10(9)11;1-7-6-10(11)12-9-5-3-2-4-8(7)9;1-8-4-6-9(2,3)7-5-8;1-5-4-6(8)7(5,2)3;1-4-2-5(7)9-6(8)3-4;1-3(5)7-4(2)6;1-4(2-5)3-6;1-4(2)3;1-2(3)4;1-3-2/h2-3,6H,4-5H2,1H3;2-5,7H,6H2,1H3;8H,4-7H2,1-3H3;5H,4H2,1-3H3;4H,2-3H2,1H3;1-2H3;4-6H,2-3H2,1H3;1-3H3;1H3,(H,3,4);1-2H3. The number of cyclic esters (lactones) is 3. The van der Waals surface area contributed by atoms with Gasteiger partial charge in [0.15, 0.2) is 0 Å². The van der Waals surface area contributed by atoms with Crippen molar-refractivity contribution in [3.63, 3.8) is 0 Å². The molecule has 0 radical (unpaired) electrons. The molecule has 5 aliphatic rings. The van der Waals surface area contributed by atoms with Crippen molar-refractivity contribution in [3.05, 3.63) is 64.7 Å². The van der Waals surface area contributed by atoms with Crippen molar-refractivity contribution in [2.45, 2.75) is 154 Å². The summed E-state index contributed by atoms with van der Waals surface area (Å²) in [6, 6.07) is 13.5. The van der Waals surface area contributed by atoms with Gasteiger partial charge < -0.3 is 43.9 Å². The molecule has 2 aromatic rings. The fourth-order valence-corrected chi connectivity index (χ4v) is 6.56. The number of carbonyl (C=O) groups excluding carboxylic acids is 7. The minimum atomic E-state index is -0.833. The number of carbonyl (C=O) groups is 8. The van der Waals surface area contributed by atoms with E-state index in [1.165, 1.54) is 45.1 Å². The molecule has 17 nitrogen and oxygen atoms in total. The Morgan fingerprint density at radius 3 is 1.55 bits per heavy atom. The van der Waals surface area contributed by atoms with Crippen LogP contribution in [0, 0.1) is 41.4 Å². The molecule has 2 unspecified atom stereocenters. The van der Waals surface area contributed by atoms with Crippen molar-refractivity contribution in [1.82, 2.24) is 4.90 Å². The van der Waals surface area contributed by atoms with Gasteiger partial charge in [0.1, 0.15) is 11.5 Å². The third kappa shape index (κ3) is 36.5. The van der Waals surface area contributed by atoms with Gasteiger partial charge in [0.25, 0.3) is 5.97 Å². The minimum absolute atomic E-state index is 0. The van der Waals surface area contributed by atoms with Gasteiger partial charge >= 0.3 is 35.8 Å². The van der Waals surface area contributed by atoms with Crippen LogP contribution >= 0.6 is 0 Å². The number of fused-ring (bicyclic) bond motifs is 2. The molecular formula is C57H93NO16. The fraction of sp³-hybridized carbons (Fsp3) is 0.649. The number of para-hydroxylation sites is 1. The number of hydrogen-bond donors (Lipinski definition) is 3. The average Bonchev–Trinajstić information content (AvgIpc) is 3.27. The van der Waals surface area contributed by atoms with E-state index in [1.807, 2.05) is 97.1 Å². The number of rotatable bonds is 2. The second kappa shape index (κ2) is 39.1. The number of methoxy groups -OCH3 is 1. The highest BCUT2D eigenvalue weighted by Gasteiger charge is 2.43. The van der Waals surface area contributed by atoms with E-state index in [0.717, 1.165) is 48.1 Å². The molecule has 0 bridgehead atoms. The summed E-state index contributed by atoms with van der Waals surface area (Å²) in [4.78, 5) is 84.5. The monoisotopic (exact) mass is 1050 g/mol. The van der Waals surface area contributed by atoms with Crippen molar-refractivity contribution in [3.8, 4) is 5.75 Å². The second-order valence-corrected chi connectivity index (χ2v) is 20.9. The van der Waals surface area contributed by atoms with E-state index in [2.05, 4.69) is 48.0 Å². The predicted octanol–water partition coefficient (Wildman–Crippen LogP) is 9.37. The van der Waals surface area contributed by atoms with Crippen LogP contribution in [0.5, 0.6) is 5.75 Å². The Bertz CT molecular complexity index is 1960. The van der Waals surface area contributed by atoms with E-state index < -0.39 is 29.8 Å². The SMILES string of the molecule is CC(=O)O.CC(=O)OC(C)=O.CC(CO)CO.CC1CC(=O)C1(C)C.CC1CC(=O)OC(=O)C1.CC1CC(=O)Oc2ccccc21.CC1CCC(C)(C)CC1.CN(C)C.COC.Cc1ccc2c(c1)CCOC2=O. The lowest BCUT2D eigenvalue weighted by Crippen LogP contribution is -2.43. The number of hydrogen-bond acceptors (Lipinski definition) is 16. The van der Waals surface area contributed by atoms with Crippen molar-refractivity contribution < 1.29 is 77.4 Å². The lowest BCUT2D eigenvalue weighted by molar-refractivity contribution is -0.165. The average molecular weight is 1050 g/mol. The number of carboxylic acids is 1. The van der Waals surface area contributed by atoms with Crippen LogP contribution in [0.2, 0.25) is 0 Å². The zero-order chi connectivity index (χ0) is 57.9. The number of aryl methyl sites for hydroxylation is 1. The summed E-state index contributed by atoms with van der Waals surface area (Å²) < 4.78 is 22.5. The molecule has 422 valence electrons. The van der Waals surface area contributed by atoms with Crippen LogP contribution in [-0.2, 0) is 58.9 Å². The molecule has 1 saturated heterocycles. The normalized spacial score (nSPS) is 18.4. The van der Waals surface area contributed by atoms with E-state index in [-0.39, 0.29) is 42.4 Å². The van der Waals surface area contributed by atoms with Crippen LogP contribution in [0.1, 0.15) is 167 Å². The molecule has 2 saturated carbocycles. The molecule has 0 spiro atoms.